The van der Waals surface area contributed by atoms with E-state index in [4.69, 9.17) is 4.98 Å². The Labute approximate surface area is 134 Å². The van der Waals surface area contributed by atoms with E-state index in [2.05, 4.69) is 46.9 Å². The van der Waals surface area contributed by atoms with Crippen LogP contribution in [0.4, 0.5) is 0 Å². The summed E-state index contributed by atoms with van der Waals surface area (Å²) in [6, 6.07) is 0. The molecule has 3 heteroatoms. The van der Waals surface area contributed by atoms with Crippen molar-refractivity contribution < 1.29 is 0 Å². The van der Waals surface area contributed by atoms with Gasteiger partial charge < -0.3 is 5.32 Å². The summed E-state index contributed by atoms with van der Waals surface area (Å²) in [6.45, 7) is 14.9. The molecule has 1 N–H and O–H groups in total. The second kappa shape index (κ2) is 6.37. The number of hydrogen-bond acceptors (Lipinski definition) is 3. The van der Waals surface area contributed by atoms with Gasteiger partial charge in [0.05, 0.1) is 11.2 Å². The molecule has 1 saturated carbocycles. The van der Waals surface area contributed by atoms with Gasteiger partial charge in [0.1, 0.15) is 5.01 Å². The van der Waals surface area contributed by atoms with Gasteiger partial charge in [0, 0.05) is 4.88 Å². The van der Waals surface area contributed by atoms with Gasteiger partial charge in [0.15, 0.2) is 0 Å². The van der Waals surface area contributed by atoms with Crippen LogP contribution < -0.4 is 5.32 Å². The number of hydrogen-bond donors (Lipinski definition) is 1. The summed E-state index contributed by atoms with van der Waals surface area (Å²) in [4.78, 5) is 6.39. The summed E-state index contributed by atoms with van der Waals surface area (Å²) in [6.07, 6.45) is 6.15. The first-order valence-corrected chi connectivity index (χ1v) is 9.36. The Morgan fingerprint density at radius 1 is 1.24 bits per heavy atom. The predicted octanol–water partition coefficient (Wildman–Crippen LogP) is 5.06. The van der Waals surface area contributed by atoms with Crippen molar-refractivity contribution in [2.45, 2.75) is 79.2 Å². The Morgan fingerprint density at radius 2 is 1.86 bits per heavy atom. The molecule has 2 rings (SSSR count). The van der Waals surface area contributed by atoms with Crippen LogP contribution in [0.25, 0.3) is 0 Å². The molecule has 1 aliphatic rings. The fraction of sp³-hybridized carbons (Fsp3) is 0.833. The van der Waals surface area contributed by atoms with Gasteiger partial charge >= 0.3 is 0 Å². The molecule has 0 atom stereocenters. The number of thiazole rings is 1. The van der Waals surface area contributed by atoms with Crippen molar-refractivity contribution in [3.8, 4) is 0 Å². The molecule has 1 aliphatic carbocycles. The highest BCUT2D eigenvalue weighted by molar-refractivity contribution is 7.11. The number of nitrogens with one attached hydrogen (secondary N) is 1. The summed E-state index contributed by atoms with van der Waals surface area (Å²) >= 11 is 1.92. The second-order valence-corrected chi connectivity index (χ2v) is 8.83. The first-order valence-electron chi connectivity index (χ1n) is 8.54. The molecular weight excluding hydrogens is 276 g/mol. The van der Waals surface area contributed by atoms with E-state index in [9.17, 15) is 0 Å². The summed E-state index contributed by atoms with van der Waals surface area (Å²) < 4.78 is 0. The highest BCUT2D eigenvalue weighted by Crippen LogP contribution is 2.46. The Kier molecular flexibility index (Phi) is 5.15. The van der Waals surface area contributed by atoms with Gasteiger partial charge in [-0.3, -0.25) is 0 Å². The summed E-state index contributed by atoms with van der Waals surface area (Å²) in [5.74, 6) is 0.844. The molecule has 1 aromatic rings. The molecule has 120 valence electrons. The zero-order valence-electron chi connectivity index (χ0n) is 14.7. The van der Waals surface area contributed by atoms with Gasteiger partial charge in [-0.25, -0.2) is 4.98 Å². The molecular formula is C18H32N2S. The van der Waals surface area contributed by atoms with Crippen LogP contribution in [0.3, 0.4) is 0 Å². The van der Waals surface area contributed by atoms with E-state index in [1.165, 1.54) is 41.3 Å². The number of aryl methyl sites for hydroxylation is 2. The average molecular weight is 309 g/mol. The fourth-order valence-electron chi connectivity index (χ4n) is 3.74. The van der Waals surface area contributed by atoms with E-state index in [0.717, 1.165) is 18.9 Å². The molecule has 0 saturated heterocycles. The zero-order valence-corrected chi connectivity index (χ0v) is 15.5. The molecule has 0 aliphatic heterocycles. The summed E-state index contributed by atoms with van der Waals surface area (Å²) in [5.41, 5.74) is 1.87. The van der Waals surface area contributed by atoms with Crippen LogP contribution in [0, 0.1) is 18.3 Å². The fourth-order valence-corrected chi connectivity index (χ4v) is 4.97. The highest BCUT2D eigenvalue weighted by Gasteiger charge is 2.41. The monoisotopic (exact) mass is 308 g/mol. The van der Waals surface area contributed by atoms with Crippen LogP contribution in [0.2, 0.25) is 0 Å². The zero-order chi connectivity index (χ0) is 15.7. The standard InChI is InChI=1S/C18H32N2S/c1-7-15-13(3)21-16(20-15)18(19-8-2)11-9-14(10-12-18)17(4,5)6/h14,19H,7-12H2,1-6H3. The van der Waals surface area contributed by atoms with Crippen LogP contribution >= 0.6 is 11.3 Å². The molecule has 1 fully saturated rings. The van der Waals surface area contributed by atoms with Crippen LogP contribution in [-0.2, 0) is 12.0 Å². The minimum atomic E-state index is 0.138. The lowest BCUT2D eigenvalue weighted by atomic mass is 9.67. The number of nitrogens with zero attached hydrogens (tertiary/aromatic N) is 1. The van der Waals surface area contributed by atoms with Crippen molar-refractivity contribution in [3.63, 3.8) is 0 Å². The molecule has 21 heavy (non-hydrogen) atoms. The minimum Gasteiger partial charge on any atom is -0.306 e. The van der Waals surface area contributed by atoms with Crippen molar-refractivity contribution in [3.05, 3.63) is 15.6 Å². The number of aromatic nitrogens is 1. The maximum Gasteiger partial charge on any atom is 0.113 e. The largest absolute Gasteiger partial charge is 0.306 e. The molecule has 0 spiro atoms. The average Bonchev–Trinajstić information content (AvgIpc) is 2.80. The molecule has 0 aromatic carbocycles. The third kappa shape index (κ3) is 3.50. The van der Waals surface area contributed by atoms with E-state index >= 15 is 0 Å². The molecule has 0 amide bonds. The molecule has 1 heterocycles. The van der Waals surface area contributed by atoms with Gasteiger partial charge in [0.2, 0.25) is 0 Å². The van der Waals surface area contributed by atoms with E-state index in [1.54, 1.807) is 0 Å². The van der Waals surface area contributed by atoms with Crippen molar-refractivity contribution in [2.24, 2.45) is 11.3 Å². The third-order valence-electron chi connectivity index (χ3n) is 5.22. The Hall–Kier alpha value is -0.410. The van der Waals surface area contributed by atoms with E-state index < -0.39 is 0 Å². The molecule has 0 bridgehead atoms. The van der Waals surface area contributed by atoms with Gasteiger partial charge in [-0.1, -0.05) is 34.6 Å². The number of rotatable bonds is 4. The van der Waals surface area contributed by atoms with Crippen molar-refractivity contribution in [1.82, 2.24) is 10.3 Å². The van der Waals surface area contributed by atoms with Crippen molar-refractivity contribution >= 4 is 11.3 Å². The third-order valence-corrected chi connectivity index (χ3v) is 6.43. The summed E-state index contributed by atoms with van der Waals surface area (Å²) in [7, 11) is 0. The van der Waals surface area contributed by atoms with Crippen LogP contribution in [0.15, 0.2) is 0 Å². The van der Waals surface area contributed by atoms with Gasteiger partial charge in [0.25, 0.3) is 0 Å². The second-order valence-electron chi connectivity index (χ2n) is 7.63. The maximum atomic E-state index is 4.99. The maximum absolute atomic E-state index is 4.99. The normalized spacial score (nSPS) is 27.0. The van der Waals surface area contributed by atoms with Gasteiger partial charge in [-0.15, -0.1) is 11.3 Å². The Morgan fingerprint density at radius 3 is 2.29 bits per heavy atom. The summed E-state index contributed by atoms with van der Waals surface area (Å²) in [5, 5.41) is 5.14. The minimum absolute atomic E-state index is 0.138. The Balaban J connectivity index is 2.22. The first-order chi connectivity index (χ1) is 9.82. The van der Waals surface area contributed by atoms with Crippen LogP contribution in [-0.4, -0.2) is 11.5 Å². The molecule has 0 radical (unpaired) electrons. The highest BCUT2D eigenvalue weighted by atomic mass is 32.1. The van der Waals surface area contributed by atoms with Crippen LogP contribution in [0.1, 0.15) is 75.9 Å². The lowest BCUT2D eigenvalue weighted by Crippen LogP contribution is -2.46. The van der Waals surface area contributed by atoms with Crippen molar-refractivity contribution in [1.29, 1.82) is 0 Å². The molecule has 1 aromatic heterocycles. The quantitative estimate of drug-likeness (QED) is 0.841. The SMILES string of the molecule is CCNC1(c2nc(CC)c(C)s2)CCC(C(C)(C)C)CC1. The Bertz CT molecular complexity index is 462. The smallest absolute Gasteiger partial charge is 0.113 e. The van der Waals surface area contributed by atoms with Crippen LogP contribution in [0.5, 0.6) is 0 Å². The lowest BCUT2D eigenvalue weighted by Gasteiger charge is -2.43. The first kappa shape index (κ1) is 17.0. The molecule has 2 nitrogen and oxygen atoms in total. The van der Waals surface area contributed by atoms with E-state index in [1.807, 2.05) is 11.3 Å². The van der Waals surface area contributed by atoms with Gasteiger partial charge in [-0.05, 0) is 56.9 Å². The van der Waals surface area contributed by atoms with E-state index in [0.29, 0.717) is 5.41 Å². The van der Waals surface area contributed by atoms with Crippen molar-refractivity contribution in [2.75, 3.05) is 6.54 Å². The molecule has 0 unspecified atom stereocenters. The predicted molar refractivity (Wildman–Crippen MR) is 93.0 cm³/mol. The lowest BCUT2D eigenvalue weighted by molar-refractivity contribution is 0.114. The van der Waals surface area contributed by atoms with Gasteiger partial charge in [-0.2, -0.15) is 0 Å². The topological polar surface area (TPSA) is 24.9 Å². The van der Waals surface area contributed by atoms with E-state index in [-0.39, 0.29) is 5.54 Å².